The standard InChI is InChI=1S/C12H10F3NOS/c13-12(14,15)11-16-7-10(18-11)9(17)6-8-4-2-1-3-5-8/h1-5,7,9,17H,6H2. The number of aromatic nitrogens is 1. The van der Waals surface area contributed by atoms with E-state index in [1.54, 1.807) is 0 Å². The maximum absolute atomic E-state index is 12.4. The zero-order valence-electron chi connectivity index (χ0n) is 9.19. The highest BCUT2D eigenvalue weighted by Gasteiger charge is 2.35. The van der Waals surface area contributed by atoms with E-state index in [1.807, 2.05) is 30.3 Å². The van der Waals surface area contributed by atoms with Gasteiger partial charge in [0.15, 0.2) is 5.01 Å². The van der Waals surface area contributed by atoms with Crippen LogP contribution in [0.25, 0.3) is 0 Å². The number of nitrogens with zero attached hydrogens (tertiary/aromatic N) is 1. The van der Waals surface area contributed by atoms with Crippen molar-refractivity contribution in [3.8, 4) is 0 Å². The zero-order chi connectivity index (χ0) is 13.2. The van der Waals surface area contributed by atoms with Crippen molar-refractivity contribution in [3.05, 3.63) is 52.0 Å². The van der Waals surface area contributed by atoms with Crippen molar-refractivity contribution < 1.29 is 18.3 Å². The number of alkyl halides is 3. The molecule has 18 heavy (non-hydrogen) atoms. The molecule has 0 radical (unpaired) electrons. The number of rotatable bonds is 3. The number of thiazole rings is 1. The maximum atomic E-state index is 12.4. The fraction of sp³-hybridized carbons (Fsp3) is 0.250. The van der Waals surface area contributed by atoms with Crippen LogP contribution in [0.2, 0.25) is 0 Å². The summed E-state index contributed by atoms with van der Waals surface area (Å²) >= 11 is 0.481. The Labute approximate surface area is 106 Å². The van der Waals surface area contributed by atoms with Crippen molar-refractivity contribution in [1.82, 2.24) is 4.98 Å². The molecule has 0 saturated carbocycles. The molecule has 1 heterocycles. The van der Waals surface area contributed by atoms with Crippen LogP contribution in [-0.2, 0) is 12.6 Å². The lowest BCUT2D eigenvalue weighted by molar-refractivity contribution is -0.137. The SMILES string of the molecule is OC(Cc1ccccc1)c1cnc(C(F)(F)F)s1. The molecule has 0 amide bonds. The highest BCUT2D eigenvalue weighted by molar-refractivity contribution is 7.11. The highest BCUT2D eigenvalue weighted by atomic mass is 32.1. The van der Waals surface area contributed by atoms with Gasteiger partial charge in [0.2, 0.25) is 0 Å². The monoisotopic (exact) mass is 273 g/mol. The minimum Gasteiger partial charge on any atom is -0.387 e. The van der Waals surface area contributed by atoms with Crippen molar-refractivity contribution in [2.75, 3.05) is 0 Å². The van der Waals surface area contributed by atoms with Gasteiger partial charge >= 0.3 is 6.18 Å². The molecule has 0 saturated heterocycles. The molecule has 0 aliphatic carbocycles. The number of hydrogen-bond donors (Lipinski definition) is 1. The van der Waals surface area contributed by atoms with E-state index in [9.17, 15) is 18.3 Å². The van der Waals surface area contributed by atoms with Crippen molar-refractivity contribution >= 4 is 11.3 Å². The summed E-state index contributed by atoms with van der Waals surface area (Å²) in [4.78, 5) is 3.51. The smallest absolute Gasteiger partial charge is 0.387 e. The van der Waals surface area contributed by atoms with Gasteiger partial charge in [-0.15, -0.1) is 11.3 Å². The van der Waals surface area contributed by atoms with Gasteiger partial charge in [-0.3, -0.25) is 0 Å². The molecular formula is C12H10F3NOS. The molecule has 0 bridgehead atoms. The molecule has 1 N–H and O–H groups in total. The predicted molar refractivity (Wildman–Crippen MR) is 62.2 cm³/mol. The minimum absolute atomic E-state index is 0.228. The van der Waals surface area contributed by atoms with Crippen LogP contribution < -0.4 is 0 Å². The Bertz CT molecular complexity index is 510. The molecule has 1 unspecified atom stereocenters. The molecular weight excluding hydrogens is 263 g/mol. The normalized spacial score (nSPS) is 13.6. The first-order chi connectivity index (χ1) is 8.47. The summed E-state index contributed by atoms with van der Waals surface area (Å²) in [5, 5.41) is 8.93. The quantitative estimate of drug-likeness (QED) is 0.929. The van der Waals surface area contributed by atoms with Crippen LogP contribution in [0.1, 0.15) is 21.6 Å². The van der Waals surface area contributed by atoms with E-state index in [-0.39, 0.29) is 11.3 Å². The van der Waals surface area contributed by atoms with Gasteiger partial charge in [0, 0.05) is 12.6 Å². The van der Waals surface area contributed by atoms with Gasteiger partial charge in [-0.1, -0.05) is 30.3 Å². The van der Waals surface area contributed by atoms with E-state index < -0.39 is 17.3 Å². The Hall–Kier alpha value is -1.40. The Balaban J connectivity index is 2.10. The third-order valence-corrected chi connectivity index (χ3v) is 3.51. The second-order valence-electron chi connectivity index (χ2n) is 3.77. The highest BCUT2D eigenvalue weighted by Crippen LogP contribution is 2.34. The second-order valence-corrected chi connectivity index (χ2v) is 4.83. The average Bonchev–Trinajstić information content (AvgIpc) is 2.79. The third kappa shape index (κ3) is 3.08. The largest absolute Gasteiger partial charge is 0.443 e. The number of hydrogen-bond acceptors (Lipinski definition) is 3. The summed E-state index contributed by atoms with van der Waals surface area (Å²) in [5.74, 6) is 0. The summed E-state index contributed by atoms with van der Waals surface area (Å²) in [5.41, 5.74) is 0.868. The fourth-order valence-corrected chi connectivity index (χ4v) is 2.28. The van der Waals surface area contributed by atoms with E-state index >= 15 is 0 Å². The number of aliphatic hydroxyl groups is 1. The molecule has 2 nitrogen and oxygen atoms in total. The van der Waals surface area contributed by atoms with Crippen molar-refractivity contribution in [2.24, 2.45) is 0 Å². The lowest BCUT2D eigenvalue weighted by atomic mass is 10.1. The maximum Gasteiger partial charge on any atom is 0.443 e. The summed E-state index contributed by atoms with van der Waals surface area (Å²) in [6.45, 7) is 0. The lowest BCUT2D eigenvalue weighted by Gasteiger charge is -2.07. The average molecular weight is 273 g/mol. The molecule has 0 aliphatic heterocycles. The second kappa shape index (κ2) is 5.07. The van der Waals surface area contributed by atoms with Crippen LogP contribution in [0.3, 0.4) is 0 Å². The Morgan fingerprint density at radius 2 is 1.89 bits per heavy atom. The molecule has 0 fully saturated rings. The first-order valence-electron chi connectivity index (χ1n) is 5.22. The first kappa shape index (κ1) is 13.0. The summed E-state index contributed by atoms with van der Waals surface area (Å²) in [6, 6.07) is 9.10. The first-order valence-corrected chi connectivity index (χ1v) is 6.03. The summed E-state index contributed by atoms with van der Waals surface area (Å²) < 4.78 is 37.1. The lowest BCUT2D eigenvalue weighted by Crippen LogP contribution is -2.03. The number of aliphatic hydroxyl groups excluding tert-OH is 1. The van der Waals surface area contributed by atoms with Gasteiger partial charge in [-0.05, 0) is 5.56 Å². The molecule has 0 aliphatic rings. The van der Waals surface area contributed by atoms with Crippen LogP contribution in [-0.4, -0.2) is 10.1 Å². The van der Waals surface area contributed by atoms with Gasteiger partial charge in [0.05, 0.1) is 11.0 Å². The fourth-order valence-electron chi connectivity index (χ4n) is 1.51. The molecule has 1 aromatic carbocycles. The van der Waals surface area contributed by atoms with E-state index in [1.165, 1.54) is 0 Å². The molecule has 1 atom stereocenters. The molecule has 96 valence electrons. The molecule has 1 aromatic heterocycles. The number of benzene rings is 1. The van der Waals surface area contributed by atoms with Crippen molar-refractivity contribution in [3.63, 3.8) is 0 Å². The van der Waals surface area contributed by atoms with Crippen molar-refractivity contribution in [1.29, 1.82) is 0 Å². The predicted octanol–water partition coefficient (Wildman–Crippen LogP) is 3.44. The molecule has 6 heteroatoms. The van der Waals surface area contributed by atoms with Crippen molar-refractivity contribution in [2.45, 2.75) is 18.7 Å². The number of halogens is 3. The van der Waals surface area contributed by atoms with Gasteiger partial charge in [0.25, 0.3) is 0 Å². The summed E-state index contributed by atoms with van der Waals surface area (Å²) in [6.07, 6.45) is -4.04. The zero-order valence-corrected chi connectivity index (χ0v) is 10.0. The van der Waals surface area contributed by atoms with Crippen LogP contribution >= 0.6 is 11.3 Å². The van der Waals surface area contributed by atoms with Crippen LogP contribution in [0.15, 0.2) is 36.5 Å². The molecule has 2 aromatic rings. The minimum atomic E-state index is -4.45. The third-order valence-electron chi connectivity index (χ3n) is 2.37. The van der Waals surface area contributed by atoms with Crippen LogP contribution in [0, 0.1) is 0 Å². The van der Waals surface area contributed by atoms with E-state index in [0.717, 1.165) is 11.8 Å². The summed E-state index contributed by atoms with van der Waals surface area (Å²) in [7, 11) is 0. The molecule has 2 rings (SSSR count). The van der Waals surface area contributed by atoms with E-state index in [0.29, 0.717) is 11.3 Å². The topological polar surface area (TPSA) is 33.1 Å². The molecule has 0 spiro atoms. The van der Waals surface area contributed by atoms with Crippen LogP contribution in [0.5, 0.6) is 0 Å². The van der Waals surface area contributed by atoms with Gasteiger partial charge in [0.1, 0.15) is 0 Å². The van der Waals surface area contributed by atoms with E-state index in [4.69, 9.17) is 0 Å². The van der Waals surface area contributed by atoms with Gasteiger partial charge in [-0.2, -0.15) is 13.2 Å². The van der Waals surface area contributed by atoms with Gasteiger partial charge < -0.3 is 5.11 Å². The van der Waals surface area contributed by atoms with Crippen LogP contribution in [0.4, 0.5) is 13.2 Å². The Morgan fingerprint density at radius 1 is 1.22 bits per heavy atom. The van der Waals surface area contributed by atoms with Gasteiger partial charge in [-0.25, -0.2) is 4.98 Å². The Kier molecular flexibility index (Phi) is 3.68. The van der Waals surface area contributed by atoms with E-state index in [2.05, 4.69) is 4.98 Å². The Morgan fingerprint density at radius 3 is 2.44 bits per heavy atom.